The Bertz CT molecular complexity index is 822. The number of hydrogen-bond donors (Lipinski definition) is 1. The number of aryl methyl sites for hydroxylation is 2. The lowest BCUT2D eigenvalue weighted by molar-refractivity contribution is 0.190. The van der Waals surface area contributed by atoms with Gasteiger partial charge < -0.3 is 14.4 Å². The Balaban J connectivity index is 1.99. The third-order valence-corrected chi connectivity index (χ3v) is 4.01. The molecule has 0 aliphatic rings. The van der Waals surface area contributed by atoms with Crippen LogP contribution in [0, 0.1) is 6.92 Å². The van der Waals surface area contributed by atoms with Gasteiger partial charge in [-0.3, -0.25) is 0 Å². The average molecular weight is 332 g/mol. The molecular weight excluding hydrogens is 314 g/mol. The Labute approximate surface area is 139 Å². The molecule has 6 heteroatoms. The number of phenols is 1. The first kappa shape index (κ1) is 15.8. The summed E-state index contributed by atoms with van der Waals surface area (Å²) in [5.74, 6) is 0.114. The van der Waals surface area contributed by atoms with E-state index in [2.05, 4.69) is 14.8 Å². The fourth-order valence-electron chi connectivity index (χ4n) is 2.73. The predicted octanol–water partition coefficient (Wildman–Crippen LogP) is 3.80. The number of rotatable bonds is 5. The van der Waals surface area contributed by atoms with Gasteiger partial charge in [-0.2, -0.15) is 0 Å². The lowest BCUT2D eigenvalue weighted by Gasteiger charge is -2.09. The van der Waals surface area contributed by atoms with Crippen LogP contribution < -0.4 is 0 Å². The lowest BCUT2D eigenvalue weighted by atomic mass is 10.0. The summed E-state index contributed by atoms with van der Waals surface area (Å²) in [5.41, 5.74) is 2.99. The van der Waals surface area contributed by atoms with Crippen molar-refractivity contribution in [1.29, 1.82) is 0 Å². The number of aromatic nitrogens is 3. The van der Waals surface area contributed by atoms with Gasteiger partial charge in [0.1, 0.15) is 5.75 Å². The molecule has 0 spiro atoms. The van der Waals surface area contributed by atoms with Gasteiger partial charge in [0.25, 0.3) is 0 Å². The van der Waals surface area contributed by atoms with Crippen molar-refractivity contribution in [3.05, 3.63) is 41.0 Å². The normalized spacial score (nSPS) is 11.3. The Morgan fingerprint density at radius 2 is 2.09 bits per heavy atom. The smallest absolute Gasteiger partial charge is 0.162 e. The molecule has 0 fully saturated rings. The van der Waals surface area contributed by atoms with Gasteiger partial charge in [0.05, 0.1) is 5.69 Å². The number of aromatic hydroxyl groups is 1. The molecule has 2 heterocycles. The number of fused-ring (bicyclic) bond motifs is 1. The van der Waals surface area contributed by atoms with Crippen LogP contribution in [0.3, 0.4) is 0 Å². The lowest BCUT2D eigenvalue weighted by Crippen LogP contribution is -2.02. The van der Waals surface area contributed by atoms with E-state index in [-0.39, 0.29) is 5.75 Å². The summed E-state index contributed by atoms with van der Waals surface area (Å²) >= 11 is 5.96. The molecule has 0 aliphatic heterocycles. The molecule has 0 saturated carbocycles. The van der Waals surface area contributed by atoms with Crippen LogP contribution in [0.2, 0.25) is 5.02 Å². The summed E-state index contributed by atoms with van der Waals surface area (Å²) < 4.78 is 7.13. The third-order valence-electron chi connectivity index (χ3n) is 3.79. The van der Waals surface area contributed by atoms with Crippen LogP contribution in [-0.2, 0) is 11.3 Å². The van der Waals surface area contributed by atoms with E-state index in [1.165, 1.54) is 6.07 Å². The second kappa shape index (κ2) is 6.56. The van der Waals surface area contributed by atoms with Crippen molar-refractivity contribution in [3.63, 3.8) is 0 Å². The highest BCUT2D eigenvalue weighted by molar-refractivity contribution is 6.31. The maximum atomic E-state index is 10.2. The highest BCUT2D eigenvalue weighted by Crippen LogP contribution is 2.34. The molecular formula is C17H18ClN3O2. The zero-order chi connectivity index (χ0) is 16.4. The Kier molecular flexibility index (Phi) is 4.50. The predicted molar refractivity (Wildman–Crippen MR) is 90.9 cm³/mol. The SMILES string of the molecule is COCCCn1ccc2cc(-c3c(C)cc(Cl)cc3O)nnc21. The molecule has 2 aromatic heterocycles. The monoisotopic (exact) mass is 331 g/mol. The van der Waals surface area contributed by atoms with Crippen molar-refractivity contribution >= 4 is 22.6 Å². The van der Waals surface area contributed by atoms with Gasteiger partial charge >= 0.3 is 0 Å². The van der Waals surface area contributed by atoms with Crippen LogP contribution in [-0.4, -0.2) is 33.6 Å². The Morgan fingerprint density at radius 3 is 2.83 bits per heavy atom. The largest absolute Gasteiger partial charge is 0.507 e. The van der Waals surface area contributed by atoms with Crippen molar-refractivity contribution in [2.45, 2.75) is 19.9 Å². The summed E-state index contributed by atoms with van der Waals surface area (Å²) in [7, 11) is 1.70. The maximum absolute atomic E-state index is 10.2. The fourth-order valence-corrected chi connectivity index (χ4v) is 2.99. The molecule has 0 radical (unpaired) electrons. The molecule has 0 aliphatic carbocycles. The average Bonchev–Trinajstić information content (AvgIpc) is 2.89. The van der Waals surface area contributed by atoms with E-state index < -0.39 is 0 Å². The van der Waals surface area contributed by atoms with Gasteiger partial charge in [-0.1, -0.05) is 11.6 Å². The van der Waals surface area contributed by atoms with Crippen LogP contribution in [0.5, 0.6) is 5.75 Å². The van der Waals surface area contributed by atoms with Gasteiger partial charge in [0.15, 0.2) is 5.65 Å². The zero-order valence-corrected chi connectivity index (χ0v) is 13.8. The Morgan fingerprint density at radius 1 is 1.26 bits per heavy atom. The number of benzene rings is 1. The maximum Gasteiger partial charge on any atom is 0.162 e. The minimum Gasteiger partial charge on any atom is -0.507 e. The quantitative estimate of drug-likeness (QED) is 0.722. The number of hydrogen-bond acceptors (Lipinski definition) is 4. The summed E-state index contributed by atoms with van der Waals surface area (Å²) in [6, 6.07) is 7.26. The molecule has 1 N–H and O–H groups in total. The van der Waals surface area contributed by atoms with Crippen molar-refractivity contribution in [1.82, 2.24) is 14.8 Å². The van der Waals surface area contributed by atoms with E-state index in [1.54, 1.807) is 13.2 Å². The van der Waals surface area contributed by atoms with Crippen molar-refractivity contribution in [2.75, 3.05) is 13.7 Å². The van der Waals surface area contributed by atoms with Crippen molar-refractivity contribution < 1.29 is 9.84 Å². The van der Waals surface area contributed by atoms with Crippen LogP contribution in [0.25, 0.3) is 22.3 Å². The zero-order valence-electron chi connectivity index (χ0n) is 13.1. The minimum atomic E-state index is 0.114. The van der Waals surface area contributed by atoms with Gasteiger partial charge in [-0.25, -0.2) is 0 Å². The van der Waals surface area contributed by atoms with E-state index in [9.17, 15) is 5.11 Å². The summed E-state index contributed by atoms with van der Waals surface area (Å²) in [6.45, 7) is 3.43. The van der Waals surface area contributed by atoms with Crippen LogP contribution >= 0.6 is 11.6 Å². The first-order chi connectivity index (χ1) is 11.1. The number of methoxy groups -OCH3 is 1. The first-order valence-corrected chi connectivity index (χ1v) is 7.79. The molecule has 3 aromatic rings. The number of ether oxygens (including phenoxy) is 1. The van der Waals surface area contributed by atoms with Gasteiger partial charge in [0.2, 0.25) is 0 Å². The topological polar surface area (TPSA) is 60.2 Å². The fraction of sp³-hybridized carbons (Fsp3) is 0.294. The van der Waals surface area contributed by atoms with E-state index in [4.69, 9.17) is 16.3 Å². The molecule has 23 heavy (non-hydrogen) atoms. The van der Waals surface area contributed by atoms with Crippen LogP contribution in [0.15, 0.2) is 30.5 Å². The minimum absolute atomic E-state index is 0.114. The third kappa shape index (κ3) is 3.16. The highest BCUT2D eigenvalue weighted by Gasteiger charge is 2.13. The van der Waals surface area contributed by atoms with E-state index in [1.807, 2.05) is 25.3 Å². The van der Waals surface area contributed by atoms with E-state index in [0.717, 1.165) is 29.6 Å². The standard InChI is InChI=1S/C17H18ClN3O2/c1-11-8-13(18)10-15(22)16(11)14-9-12-4-6-21(5-3-7-23-2)17(12)20-19-14/h4,6,8-10,22H,3,5,7H2,1-2H3. The summed E-state index contributed by atoms with van der Waals surface area (Å²) in [5, 5.41) is 20.3. The van der Waals surface area contributed by atoms with Gasteiger partial charge in [0, 0.05) is 42.4 Å². The van der Waals surface area contributed by atoms with Gasteiger partial charge in [-0.15, -0.1) is 10.2 Å². The Hall–Kier alpha value is -2.11. The number of nitrogens with zero attached hydrogens (tertiary/aromatic N) is 3. The molecule has 0 atom stereocenters. The van der Waals surface area contributed by atoms with E-state index in [0.29, 0.717) is 22.9 Å². The van der Waals surface area contributed by atoms with Crippen LogP contribution in [0.4, 0.5) is 0 Å². The van der Waals surface area contributed by atoms with Crippen LogP contribution in [0.1, 0.15) is 12.0 Å². The molecule has 5 nitrogen and oxygen atoms in total. The van der Waals surface area contributed by atoms with Crippen molar-refractivity contribution in [2.24, 2.45) is 0 Å². The molecule has 0 unspecified atom stereocenters. The van der Waals surface area contributed by atoms with Gasteiger partial charge in [-0.05, 0) is 43.2 Å². The second-order valence-corrected chi connectivity index (χ2v) is 5.92. The highest BCUT2D eigenvalue weighted by atomic mass is 35.5. The number of halogens is 1. The van der Waals surface area contributed by atoms with E-state index >= 15 is 0 Å². The molecule has 3 rings (SSSR count). The molecule has 0 bridgehead atoms. The molecule has 120 valence electrons. The first-order valence-electron chi connectivity index (χ1n) is 7.41. The van der Waals surface area contributed by atoms with Crippen molar-refractivity contribution in [3.8, 4) is 17.0 Å². The second-order valence-electron chi connectivity index (χ2n) is 5.48. The molecule has 1 aromatic carbocycles. The summed E-state index contributed by atoms with van der Waals surface area (Å²) in [4.78, 5) is 0. The molecule has 0 saturated heterocycles. The number of phenolic OH excluding ortho intramolecular Hbond substituents is 1. The molecule has 0 amide bonds. The summed E-state index contributed by atoms with van der Waals surface area (Å²) in [6.07, 6.45) is 2.91.